The van der Waals surface area contributed by atoms with Crippen LogP contribution < -0.4 is 5.73 Å². The van der Waals surface area contributed by atoms with Gasteiger partial charge in [0, 0.05) is 15.5 Å². The zero-order valence-electron chi connectivity index (χ0n) is 10.2. The first-order valence-corrected chi connectivity index (χ1v) is 7.16. The zero-order valence-corrected chi connectivity index (χ0v) is 12.6. The summed E-state index contributed by atoms with van der Waals surface area (Å²) < 4.78 is 14.2. The molecule has 0 aliphatic rings. The van der Waals surface area contributed by atoms with E-state index in [2.05, 4.69) is 15.9 Å². The molecule has 1 unspecified atom stereocenters. The molecule has 2 aromatic carbocycles. The minimum atomic E-state index is -0.285. The lowest BCUT2D eigenvalue weighted by atomic mass is 10.00. The van der Waals surface area contributed by atoms with Gasteiger partial charge >= 0.3 is 0 Å². The van der Waals surface area contributed by atoms with Gasteiger partial charge in [0.1, 0.15) is 5.82 Å². The predicted molar refractivity (Wildman–Crippen MR) is 80.9 cm³/mol. The smallest absolute Gasteiger partial charge is 0.123 e. The summed E-state index contributed by atoms with van der Waals surface area (Å²) in [6.07, 6.45) is 1.27. The first-order valence-electron chi connectivity index (χ1n) is 5.99. The van der Waals surface area contributed by atoms with E-state index in [1.54, 1.807) is 6.07 Å². The fourth-order valence-corrected chi connectivity index (χ4v) is 2.64. The van der Waals surface area contributed by atoms with E-state index in [0.717, 1.165) is 15.6 Å². The van der Waals surface area contributed by atoms with Crippen LogP contribution in [-0.2, 0) is 12.8 Å². The van der Waals surface area contributed by atoms with E-state index in [1.165, 1.54) is 12.1 Å². The molecule has 1 nitrogen and oxygen atoms in total. The number of hydrogen-bond acceptors (Lipinski definition) is 1. The molecule has 0 aliphatic heterocycles. The number of halogens is 3. The van der Waals surface area contributed by atoms with Gasteiger partial charge in [0.25, 0.3) is 0 Å². The van der Waals surface area contributed by atoms with Crippen molar-refractivity contribution >= 4 is 27.5 Å². The molecule has 0 saturated carbocycles. The van der Waals surface area contributed by atoms with Crippen molar-refractivity contribution < 1.29 is 4.39 Å². The van der Waals surface area contributed by atoms with E-state index in [-0.39, 0.29) is 11.9 Å². The molecule has 0 radical (unpaired) electrons. The molecule has 0 bridgehead atoms. The van der Waals surface area contributed by atoms with Crippen LogP contribution in [0.25, 0.3) is 0 Å². The second-order valence-corrected chi connectivity index (χ2v) is 5.76. The van der Waals surface area contributed by atoms with Crippen molar-refractivity contribution in [1.29, 1.82) is 0 Å². The largest absolute Gasteiger partial charge is 0.327 e. The lowest BCUT2D eigenvalue weighted by Gasteiger charge is -2.14. The van der Waals surface area contributed by atoms with Crippen molar-refractivity contribution in [3.63, 3.8) is 0 Å². The molecule has 0 saturated heterocycles. The fraction of sp³-hybridized carbons (Fsp3) is 0.200. The molecule has 0 aliphatic carbocycles. The average Bonchev–Trinajstić information content (AvgIpc) is 2.37. The molecule has 0 spiro atoms. The molecule has 0 fully saturated rings. The number of rotatable bonds is 4. The second-order valence-electron chi connectivity index (χ2n) is 4.50. The summed E-state index contributed by atoms with van der Waals surface area (Å²) in [5, 5.41) is 0.559. The van der Waals surface area contributed by atoms with Crippen LogP contribution in [0, 0.1) is 5.82 Å². The van der Waals surface area contributed by atoms with Crippen LogP contribution in [0.1, 0.15) is 11.1 Å². The molecule has 19 heavy (non-hydrogen) atoms. The maximum absolute atomic E-state index is 13.2. The van der Waals surface area contributed by atoms with E-state index in [9.17, 15) is 4.39 Å². The molecule has 100 valence electrons. The standard InChI is InChI=1S/C15H14BrClFN/c16-14-4-2-1-3-10(14)8-13(19)9-11-7-12(18)5-6-15(11)17/h1-7,13H,8-9,19H2. The highest BCUT2D eigenvalue weighted by Gasteiger charge is 2.10. The highest BCUT2D eigenvalue weighted by Crippen LogP contribution is 2.21. The van der Waals surface area contributed by atoms with Crippen LogP contribution in [0.5, 0.6) is 0 Å². The Morgan fingerprint density at radius 3 is 2.53 bits per heavy atom. The van der Waals surface area contributed by atoms with Crippen molar-refractivity contribution in [3.05, 3.63) is 68.9 Å². The molecular weight excluding hydrogens is 329 g/mol. The Hall–Kier alpha value is -0.900. The van der Waals surface area contributed by atoms with Crippen LogP contribution in [0.4, 0.5) is 4.39 Å². The molecule has 0 aromatic heterocycles. The molecule has 2 aromatic rings. The van der Waals surface area contributed by atoms with Gasteiger partial charge in [-0.15, -0.1) is 0 Å². The Balaban J connectivity index is 2.07. The fourth-order valence-electron chi connectivity index (χ4n) is 2.00. The third-order valence-electron chi connectivity index (χ3n) is 2.93. The van der Waals surface area contributed by atoms with E-state index < -0.39 is 0 Å². The molecule has 2 rings (SSSR count). The van der Waals surface area contributed by atoms with Crippen molar-refractivity contribution in [3.8, 4) is 0 Å². The van der Waals surface area contributed by atoms with Crippen LogP contribution in [-0.4, -0.2) is 6.04 Å². The summed E-state index contributed by atoms with van der Waals surface area (Å²) in [6.45, 7) is 0. The number of hydrogen-bond donors (Lipinski definition) is 1. The minimum Gasteiger partial charge on any atom is -0.327 e. The molecule has 4 heteroatoms. The molecule has 1 atom stereocenters. The summed E-state index contributed by atoms with van der Waals surface area (Å²) in [5.41, 5.74) is 8.02. The van der Waals surface area contributed by atoms with Gasteiger partial charge in [0.05, 0.1) is 0 Å². The summed E-state index contributed by atoms with van der Waals surface area (Å²) in [6, 6.07) is 12.2. The normalized spacial score (nSPS) is 12.4. The van der Waals surface area contributed by atoms with Gasteiger partial charge in [-0.3, -0.25) is 0 Å². The van der Waals surface area contributed by atoms with Crippen molar-refractivity contribution in [2.75, 3.05) is 0 Å². The van der Waals surface area contributed by atoms with Gasteiger partial charge in [-0.2, -0.15) is 0 Å². The first kappa shape index (κ1) is 14.5. The van der Waals surface area contributed by atoms with Crippen molar-refractivity contribution in [2.45, 2.75) is 18.9 Å². The van der Waals surface area contributed by atoms with E-state index in [1.807, 2.05) is 24.3 Å². The van der Waals surface area contributed by atoms with Gasteiger partial charge in [-0.05, 0) is 48.2 Å². The third kappa shape index (κ3) is 4.03. The quantitative estimate of drug-likeness (QED) is 0.878. The van der Waals surface area contributed by atoms with Gasteiger partial charge < -0.3 is 5.73 Å². The summed E-state index contributed by atoms with van der Waals surface area (Å²) in [5.74, 6) is -0.285. The van der Waals surface area contributed by atoms with Gasteiger partial charge in [0.15, 0.2) is 0 Å². The van der Waals surface area contributed by atoms with E-state index in [4.69, 9.17) is 17.3 Å². The molecule has 0 amide bonds. The Morgan fingerprint density at radius 1 is 1.11 bits per heavy atom. The highest BCUT2D eigenvalue weighted by atomic mass is 79.9. The lowest BCUT2D eigenvalue weighted by Crippen LogP contribution is -2.25. The van der Waals surface area contributed by atoms with Crippen LogP contribution in [0.2, 0.25) is 5.02 Å². The first-order chi connectivity index (χ1) is 9.06. The maximum Gasteiger partial charge on any atom is 0.123 e. The van der Waals surface area contributed by atoms with E-state index >= 15 is 0 Å². The zero-order chi connectivity index (χ0) is 13.8. The summed E-state index contributed by atoms with van der Waals surface area (Å²) in [7, 11) is 0. The van der Waals surface area contributed by atoms with Crippen molar-refractivity contribution in [1.82, 2.24) is 0 Å². The lowest BCUT2D eigenvalue weighted by molar-refractivity contribution is 0.618. The van der Waals surface area contributed by atoms with Gasteiger partial charge in [0.2, 0.25) is 0 Å². The molecule has 2 N–H and O–H groups in total. The predicted octanol–water partition coefficient (Wildman–Crippen LogP) is 4.35. The minimum absolute atomic E-state index is 0.0991. The van der Waals surface area contributed by atoms with Crippen molar-refractivity contribution in [2.24, 2.45) is 5.73 Å². The average molecular weight is 343 g/mol. The summed E-state index contributed by atoms with van der Waals surface area (Å²) in [4.78, 5) is 0. The Bertz CT molecular complexity index is 574. The Labute approximate surface area is 125 Å². The molecular formula is C15H14BrClFN. The number of nitrogens with two attached hydrogens (primary N) is 1. The Morgan fingerprint density at radius 2 is 1.79 bits per heavy atom. The topological polar surface area (TPSA) is 26.0 Å². The maximum atomic E-state index is 13.2. The monoisotopic (exact) mass is 341 g/mol. The van der Waals surface area contributed by atoms with Gasteiger partial charge in [-0.25, -0.2) is 4.39 Å². The second kappa shape index (κ2) is 6.51. The van der Waals surface area contributed by atoms with Crippen LogP contribution >= 0.6 is 27.5 Å². The van der Waals surface area contributed by atoms with Crippen LogP contribution in [0.15, 0.2) is 46.9 Å². The van der Waals surface area contributed by atoms with E-state index in [0.29, 0.717) is 17.9 Å². The number of benzene rings is 2. The molecule has 0 heterocycles. The van der Waals surface area contributed by atoms with Crippen LogP contribution in [0.3, 0.4) is 0 Å². The highest BCUT2D eigenvalue weighted by molar-refractivity contribution is 9.10. The van der Waals surface area contributed by atoms with Gasteiger partial charge in [-0.1, -0.05) is 45.7 Å². The SMILES string of the molecule is NC(Cc1cc(F)ccc1Cl)Cc1ccccc1Br. The summed E-state index contributed by atoms with van der Waals surface area (Å²) >= 11 is 9.54. The third-order valence-corrected chi connectivity index (χ3v) is 4.07. The Kier molecular flexibility index (Phi) is 4.97.